The van der Waals surface area contributed by atoms with Crippen LogP contribution in [0.15, 0.2) is 6.20 Å². The number of nitriles is 1. The molecule has 0 saturated heterocycles. The number of pyridine rings is 1. The van der Waals surface area contributed by atoms with Gasteiger partial charge in [-0.1, -0.05) is 0 Å². The second kappa shape index (κ2) is 3.05. The first-order valence-corrected chi connectivity index (χ1v) is 4.05. The van der Waals surface area contributed by atoms with E-state index in [1.807, 2.05) is 13.0 Å². The Kier molecular flexibility index (Phi) is 2.29. The summed E-state index contributed by atoms with van der Waals surface area (Å²) in [7, 11) is 0. The Morgan fingerprint density at radius 2 is 2.36 bits per heavy atom. The quantitative estimate of drug-likeness (QED) is 0.717. The van der Waals surface area contributed by atoms with Crippen LogP contribution in [0.2, 0.25) is 0 Å². The Labute approximate surface area is 78.4 Å². The largest absolute Gasteiger partial charge is 0.383 e. The third kappa shape index (κ3) is 1.43. The maximum Gasteiger partial charge on any atom is 0.141 e. The van der Waals surface area contributed by atoms with E-state index >= 15 is 0 Å². The molecule has 0 bridgehead atoms. The zero-order valence-corrected chi connectivity index (χ0v) is 8.08. The summed E-state index contributed by atoms with van der Waals surface area (Å²) in [4.78, 5) is 3.86. The lowest BCUT2D eigenvalue weighted by Crippen LogP contribution is -1.98. The number of hydrogen-bond acceptors (Lipinski definition) is 3. The lowest BCUT2D eigenvalue weighted by molar-refractivity contribution is 1.24. The number of nitrogens with two attached hydrogens (primary N) is 1. The minimum absolute atomic E-state index is 0.311. The van der Waals surface area contributed by atoms with Crippen LogP contribution >= 0.6 is 22.6 Å². The van der Waals surface area contributed by atoms with Gasteiger partial charge in [-0.05, 0) is 35.1 Å². The molecule has 11 heavy (non-hydrogen) atoms. The van der Waals surface area contributed by atoms with Crippen molar-refractivity contribution in [3.05, 3.63) is 20.9 Å². The SMILES string of the molecule is Cc1c(I)cnc(N)c1C#N. The van der Waals surface area contributed by atoms with Crippen LogP contribution in [0.4, 0.5) is 5.82 Å². The Hall–Kier alpha value is -0.830. The second-order valence-corrected chi connectivity index (χ2v) is 3.27. The lowest BCUT2D eigenvalue weighted by atomic mass is 10.2. The molecule has 0 saturated carbocycles. The molecule has 0 fully saturated rings. The molecule has 1 heterocycles. The van der Waals surface area contributed by atoms with Gasteiger partial charge in [0.05, 0.1) is 5.56 Å². The average molecular weight is 259 g/mol. The van der Waals surface area contributed by atoms with Gasteiger partial charge in [-0.15, -0.1) is 0 Å². The van der Waals surface area contributed by atoms with Crippen molar-refractivity contribution in [3.8, 4) is 6.07 Å². The highest BCUT2D eigenvalue weighted by Crippen LogP contribution is 2.17. The summed E-state index contributed by atoms with van der Waals surface area (Å²) in [5.74, 6) is 0.311. The van der Waals surface area contributed by atoms with Crippen molar-refractivity contribution in [2.24, 2.45) is 0 Å². The highest BCUT2D eigenvalue weighted by atomic mass is 127. The maximum absolute atomic E-state index is 8.65. The molecule has 0 aliphatic heterocycles. The maximum atomic E-state index is 8.65. The van der Waals surface area contributed by atoms with Crippen molar-refractivity contribution in [2.45, 2.75) is 6.92 Å². The zero-order chi connectivity index (χ0) is 8.43. The first-order valence-electron chi connectivity index (χ1n) is 2.97. The molecule has 3 nitrogen and oxygen atoms in total. The number of aromatic nitrogens is 1. The van der Waals surface area contributed by atoms with Gasteiger partial charge >= 0.3 is 0 Å². The molecule has 0 spiro atoms. The lowest BCUT2D eigenvalue weighted by Gasteiger charge is -2.01. The number of nitrogen functional groups attached to an aromatic ring is 1. The van der Waals surface area contributed by atoms with Gasteiger partial charge in [0.1, 0.15) is 11.9 Å². The van der Waals surface area contributed by atoms with E-state index in [0.29, 0.717) is 11.4 Å². The molecule has 4 heteroatoms. The molecular formula is C7H6IN3. The fourth-order valence-electron chi connectivity index (χ4n) is 0.740. The van der Waals surface area contributed by atoms with Crippen molar-refractivity contribution in [3.63, 3.8) is 0 Å². The Morgan fingerprint density at radius 3 is 2.82 bits per heavy atom. The normalized spacial score (nSPS) is 9.18. The van der Waals surface area contributed by atoms with Crippen molar-refractivity contribution in [2.75, 3.05) is 5.73 Å². The van der Waals surface area contributed by atoms with Gasteiger partial charge in [0.15, 0.2) is 0 Å². The minimum atomic E-state index is 0.311. The predicted octanol–water partition coefficient (Wildman–Crippen LogP) is 1.45. The summed E-state index contributed by atoms with van der Waals surface area (Å²) in [5.41, 5.74) is 6.85. The van der Waals surface area contributed by atoms with Crippen molar-refractivity contribution in [1.29, 1.82) is 5.26 Å². The van der Waals surface area contributed by atoms with Crippen LogP contribution in [0, 0.1) is 21.8 Å². The highest BCUT2D eigenvalue weighted by Gasteiger charge is 2.05. The molecule has 0 atom stereocenters. The van der Waals surface area contributed by atoms with E-state index in [4.69, 9.17) is 11.0 Å². The molecule has 0 aromatic carbocycles. The van der Waals surface area contributed by atoms with Crippen LogP contribution < -0.4 is 5.73 Å². The van der Waals surface area contributed by atoms with E-state index in [9.17, 15) is 0 Å². The molecule has 0 aliphatic carbocycles. The summed E-state index contributed by atoms with van der Waals surface area (Å²) < 4.78 is 0.966. The topological polar surface area (TPSA) is 62.7 Å². The Bertz CT molecular complexity index is 327. The molecule has 1 rings (SSSR count). The first-order chi connectivity index (χ1) is 5.16. The van der Waals surface area contributed by atoms with Gasteiger partial charge in [0.25, 0.3) is 0 Å². The molecule has 1 aromatic heterocycles. The van der Waals surface area contributed by atoms with E-state index < -0.39 is 0 Å². The van der Waals surface area contributed by atoms with E-state index in [1.165, 1.54) is 0 Å². The minimum Gasteiger partial charge on any atom is -0.383 e. The van der Waals surface area contributed by atoms with Gasteiger partial charge in [-0.2, -0.15) is 5.26 Å². The summed E-state index contributed by atoms with van der Waals surface area (Å²) in [6.07, 6.45) is 1.66. The standard InChI is InChI=1S/C7H6IN3/c1-4-5(2-9)7(10)11-3-6(4)8/h3H,1H3,(H2,10,11). The molecule has 0 unspecified atom stereocenters. The smallest absolute Gasteiger partial charge is 0.141 e. The van der Waals surface area contributed by atoms with Gasteiger partial charge in [-0.25, -0.2) is 4.98 Å². The van der Waals surface area contributed by atoms with Gasteiger partial charge in [0, 0.05) is 9.77 Å². The van der Waals surface area contributed by atoms with E-state index in [1.54, 1.807) is 6.20 Å². The molecule has 0 radical (unpaired) electrons. The van der Waals surface area contributed by atoms with Crippen LogP contribution in [0.1, 0.15) is 11.1 Å². The Morgan fingerprint density at radius 1 is 1.73 bits per heavy atom. The number of rotatable bonds is 0. The molecule has 0 aliphatic rings. The monoisotopic (exact) mass is 259 g/mol. The summed E-state index contributed by atoms with van der Waals surface area (Å²) in [5, 5.41) is 8.65. The van der Waals surface area contributed by atoms with Crippen molar-refractivity contribution < 1.29 is 0 Å². The zero-order valence-electron chi connectivity index (χ0n) is 5.93. The van der Waals surface area contributed by atoms with Gasteiger partial charge < -0.3 is 5.73 Å². The number of nitrogens with zero attached hydrogens (tertiary/aromatic N) is 2. The summed E-state index contributed by atoms with van der Waals surface area (Å²) >= 11 is 2.12. The number of hydrogen-bond donors (Lipinski definition) is 1. The fraction of sp³-hybridized carbons (Fsp3) is 0.143. The van der Waals surface area contributed by atoms with Crippen LogP contribution in [0.3, 0.4) is 0 Å². The average Bonchev–Trinajstić information content (AvgIpc) is 1.99. The number of anilines is 1. The van der Waals surface area contributed by atoms with Gasteiger partial charge in [-0.3, -0.25) is 0 Å². The third-order valence-electron chi connectivity index (χ3n) is 1.42. The number of halogens is 1. The fourth-order valence-corrected chi connectivity index (χ4v) is 1.15. The van der Waals surface area contributed by atoms with E-state index in [0.717, 1.165) is 9.13 Å². The highest BCUT2D eigenvalue weighted by molar-refractivity contribution is 14.1. The summed E-state index contributed by atoms with van der Waals surface area (Å²) in [6, 6.07) is 2.01. The molecule has 0 amide bonds. The van der Waals surface area contributed by atoms with Gasteiger partial charge in [0.2, 0.25) is 0 Å². The van der Waals surface area contributed by atoms with E-state index in [-0.39, 0.29) is 0 Å². The predicted molar refractivity (Wildman–Crippen MR) is 50.8 cm³/mol. The molecule has 56 valence electrons. The first kappa shape index (κ1) is 8.27. The van der Waals surface area contributed by atoms with Crippen LogP contribution in [0.25, 0.3) is 0 Å². The third-order valence-corrected chi connectivity index (χ3v) is 2.51. The van der Waals surface area contributed by atoms with Crippen LogP contribution in [0.5, 0.6) is 0 Å². The molecular weight excluding hydrogens is 253 g/mol. The Balaban J connectivity index is 3.44. The molecule has 1 aromatic rings. The van der Waals surface area contributed by atoms with Crippen molar-refractivity contribution in [1.82, 2.24) is 4.98 Å². The second-order valence-electron chi connectivity index (χ2n) is 2.10. The summed E-state index contributed by atoms with van der Waals surface area (Å²) in [6.45, 7) is 1.86. The molecule has 2 N–H and O–H groups in total. The van der Waals surface area contributed by atoms with Crippen molar-refractivity contribution >= 4 is 28.4 Å². The van der Waals surface area contributed by atoms with Crippen LogP contribution in [-0.2, 0) is 0 Å². The van der Waals surface area contributed by atoms with E-state index in [2.05, 4.69) is 27.6 Å². The van der Waals surface area contributed by atoms with Crippen LogP contribution in [-0.4, -0.2) is 4.98 Å².